The Morgan fingerprint density at radius 3 is 2.56 bits per heavy atom. The Hall–Kier alpha value is -1.88. The molecule has 3 fully saturated rings. The standard InChI is InChI=1S/C23H31ClN4O4S2/c1-17(26-10-2-3-11-26)20-5-4-12-28(20)23(30)22(29)27-13-8-18(16-27)15-25-34(31,32)14-9-19-6-7-21(24)33-19/h6-7,9,14,18,20,25H,1-5,8,10-13,15-16H2/b14-9+/t18-,20-/m0/s1. The monoisotopic (exact) mass is 526 g/mol. The summed E-state index contributed by atoms with van der Waals surface area (Å²) in [6.07, 6.45) is 6.13. The molecular weight excluding hydrogens is 496 g/mol. The van der Waals surface area contributed by atoms with Crippen molar-refractivity contribution in [1.82, 2.24) is 19.4 Å². The molecule has 0 aromatic carbocycles. The van der Waals surface area contributed by atoms with Crippen LogP contribution in [0.1, 0.15) is 37.0 Å². The quantitative estimate of drug-likeness (QED) is 0.552. The summed E-state index contributed by atoms with van der Waals surface area (Å²) in [6, 6.07) is 3.36. The van der Waals surface area contributed by atoms with Gasteiger partial charge < -0.3 is 14.7 Å². The van der Waals surface area contributed by atoms with E-state index in [2.05, 4.69) is 16.2 Å². The molecule has 0 unspecified atom stereocenters. The molecule has 3 aliphatic heterocycles. The lowest BCUT2D eigenvalue weighted by Crippen LogP contribution is -2.48. The van der Waals surface area contributed by atoms with Crippen LogP contribution in [-0.4, -0.2) is 80.2 Å². The van der Waals surface area contributed by atoms with Crippen LogP contribution in [-0.2, 0) is 19.6 Å². The second-order valence-electron chi connectivity index (χ2n) is 9.09. The highest BCUT2D eigenvalue weighted by molar-refractivity contribution is 7.92. The molecule has 0 spiro atoms. The van der Waals surface area contributed by atoms with Gasteiger partial charge in [0.05, 0.1) is 10.4 Å². The molecule has 4 rings (SSSR count). The Morgan fingerprint density at radius 1 is 1.09 bits per heavy atom. The zero-order valence-electron chi connectivity index (χ0n) is 19.1. The van der Waals surface area contributed by atoms with Crippen LogP contribution in [0, 0.1) is 5.92 Å². The number of thiophene rings is 1. The number of carbonyl (C=O) groups excluding carboxylic acids is 2. The third-order valence-electron chi connectivity index (χ3n) is 6.75. The fourth-order valence-corrected chi connectivity index (χ4v) is 6.81. The highest BCUT2D eigenvalue weighted by Crippen LogP contribution is 2.28. The normalized spacial score (nSPS) is 23.4. The molecule has 2 amide bonds. The van der Waals surface area contributed by atoms with Crippen molar-refractivity contribution in [2.24, 2.45) is 5.92 Å². The second-order valence-corrected chi connectivity index (χ2v) is 12.5. The van der Waals surface area contributed by atoms with Crippen LogP contribution < -0.4 is 4.72 Å². The molecule has 0 radical (unpaired) electrons. The number of amides is 2. The summed E-state index contributed by atoms with van der Waals surface area (Å²) in [7, 11) is -3.61. The largest absolute Gasteiger partial charge is 0.374 e. The van der Waals surface area contributed by atoms with Crippen molar-refractivity contribution in [2.45, 2.75) is 38.1 Å². The first-order chi connectivity index (χ1) is 16.2. The Labute approximate surface area is 210 Å². The topological polar surface area (TPSA) is 90.0 Å². The lowest BCUT2D eigenvalue weighted by molar-refractivity contribution is -0.151. The third-order valence-corrected chi connectivity index (χ3v) is 9.01. The molecule has 1 aromatic rings. The van der Waals surface area contributed by atoms with Gasteiger partial charge in [-0.1, -0.05) is 18.2 Å². The van der Waals surface area contributed by atoms with E-state index < -0.39 is 21.8 Å². The molecule has 1 N–H and O–H groups in total. The maximum atomic E-state index is 13.1. The minimum absolute atomic E-state index is 0.0370. The fraction of sp³-hybridized carbons (Fsp3) is 0.565. The van der Waals surface area contributed by atoms with Gasteiger partial charge in [0.25, 0.3) is 0 Å². The molecule has 4 heterocycles. The molecule has 3 aliphatic rings. The number of nitrogens with one attached hydrogen (secondary N) is 1. The van der Waals surface area contributed by atoms with Gasteiger partial charge in [-0.05, 0) is 56.2 Å². The number of nitrogens with zero attached hydrogens (tertiary/aromatic N) is 3. The van der Waals surface area contributed by atoms with E-state index in [1.54, 1.807) is 21.9 Å². The van der Waals surface area contributed by atoms with E-state index in [4.69, 9.17) is 11.6 Å². The highest BCUT2D eigenvalue weighted by Gasteiger charge is 2.39. The summed E-state index contributed by atoms with van der Waals surface area (Å²) in [4.78, 5) is 32.2. The van der Waals surface area contributed by atoms with Crippen LogP contribution in [0.2, 0.25) is 4.34 Å². The summed E-state index contributed by atoms with van der Waals surface area (Å²) >= 11 is 7.16. The van der Waals surface area contributed by atoms with Crippen LogP contribution in [0.25, 0.3) is 6.08 Å². The van der Waals surface area contributed by atoms with Gasteiger partial charge in [0.2, 0.25) is 10.0 Å². The number of halogens is 1. The van der Waals surface area contributed by atoms with E-state index in [0.29, 0.717) is 30.4 Å². The predicted molar refractivity (Wildman–Crippen MR) is 135 cm³/mol. The first kappa shape index (κ1) is 25.2. The molecule has 3 saturated heterocycles. The third kappa shape index (κ3) is 6.02. The van der Waals surface area contributed by atoms with Crippen molar-refractivity contribution in [1.29, 1.82) is 0 Å². The molecule has 0 bridgehead atoms. The smallest absolute Gasteiger partial charge is 0.312 e. The first-order valence-corrected chi connectivity index (χ1v) is 14.4. The van der Waals surface area contributed by atoms with Gasteiger partial charge >= 0.3 is 11.8 Å². The number of hydrogen-bond donors (Lipinski definition) is 1. The predicted octanol–water partition coefficient (Wildman–Crippen LogP) is 2.74. The molecule has 0 aliphatic carbocycles. The lowest BCUT2D eigenvalue weighted by Gasteiger charge is -2.32. The molecule has 1 aromatic heterocycles. The van der Waals surface area contributed by atoms with Gasteiger partial charge in [-0.25, -0.2) is 13.1 Å². The van der Waals surface area contributed by atoms with Crippen LogP contribution in [0.4, 0.5) is 0 Å². The van der Waals surface area contributed by atoms with Gasteiger partial charge in [-0.2, -0.15) is 0 Å². The SMILES string of the molecule is C=C([C@@H]1CCCN1C(=O)C(=O)N1CC[C@@H](CNS(=O)(=O)/C=C/c2ccc(Cl)s2)C1)N1CCCC1. The van der Waals surface area contributed by atoms with Crippen molar-refractivity contribution in [3.05, 3.63) is 39.0 Å². The van der Waals surface area contributed by atoms with Gasteiger partial charge in [-0.15, -0.1) is 11.3 Å². The molecule has 186 valence electrons. The van der Waals surface area contributed by atoms with Gasteiger partial charge in [0.1, 0.15) is 0 Å². The number of rotatable bonds is 7. The van der Waals surface area contributed by atoms with E-state index in [9.17, 15) is 18.0 Å². The van der Waals surface area contributed by atoms with E-state index in [1.807, 2.05) is 0 Å². The number of carbonyl (C=O) groups is 2. The summed E-state index contributed by atoms with van der Waals surface area (Å²) in [5.41, 5.74) is 0.947. The Kier molecular flexibility index (Phi) is 8.01. The minimum Gasteiger partial charge on any atom is -0.374 e. The first-order valence-electron chi connectivity index (χ1n) is 11.7. The minimum atomic E-state index is -3.61. The fourth-order valence-electron chi connectivity index (χ4n) is 4.87. The Morgan fingerprint density at radius 2 is 1.85 bits per heavy atom. The molecule has 2 atom stereocenters. The van der Waals surface area contributed by atoms with E-state index >= 15 is 0 Å². The van der Waals surface area contributed by atoms with E-state index in [1.165, 1.54) is 17.4 Å². The number of hydrogen-bond acceptors (Lipinski definition) is 6. The summed E-state index contributed by atoms with van der Waals surface area (Å²) in [5.74, 6) is -1.01. The Balaban J connectivity index is 1.27. The molecular formula is C23H31ClN4O4S2. The van der Waals surface area contributed by atoms with Crippen molar-refractivity contribution in [3.8, 4) is 0 Å². The summed E-state index contributed by atoms with van der Waals surface area (Å²) < 4.78 is 27.8. The average Bonchev–Trinajstić information content (AvgIpc) is 3.61. The van der Waals surface area contributed by atoms with Gasteiger partial charge in [-0.3, -0.25) is 9.59 Å². The second kappa shape index (κ2) is 10.8. The summed E-state index contributed by atoms with van der Waals surface area (Å²) in [5, 5.41) is 1.12. The molecule has 0 saturated carbocycles. The van der Waals surface area contributed by atoms with Gasteiger partial charge in [0, 0.05) is 55.3 Å². The zero-order valence-corrected chi connectivity index (χ0v) is 21.5. The average molecular weight is 527 g/mol. The molecule has 8 nitrogen and oxygen atoms in total. The van der Waals surface area contributed by atoms with Crippen LogP contribution in [0.5, 0.6) is 0 Å². The number of sulfonamides is 1. The number of likely N-dealkylation sites (tertiary alicyclic amines) is 3. The zero-order chi connectivity index (χ0) is 24.3. The van der Waals surface area contributed by atoms with Crippen molar-refractivity contribution in [3.63, 3.8) is 0 Å². The highest BCUT2D eigenvalue weighted by atomic mass is 35.5. The van der Waals surface area contributed by atoms with Crippen LogP contribution >= 0.6 is 22.9 Å². The van der Waals surface area contributed by atoms with Crippen molar-refractivity contribution < 1.29 is 18.0 Å². The molecule has 11 heteroatoms. The lowest BCUT2D eigenvalue weighted by atomic mass is 10.1. The maximum absolute atomic E-state index is 13.1. The van der Waals surface area contributed by atoms with Crippen molar-refractivity contribution in [2.75, 3.05) is 39.3 Å². The van der Waals surface area contributed by atoms with E-state index in [-0.39, 0.29) is 18.5 Å². The maximum Gasteiger partial charge on any atom is 0.312 e. The van der Waals surface area contributed by atoms with Crippen LogP contribution in [0.3, 0.4) is 0 Å². The van der Waals surface area contributed by atoms with Gasteiger partial charge in [0.15, 0.2) is 0 Å². The Bertz CT molecular complexity index is 1060. The van der Waals surface area contributed by atoms with Crippen molar-refractivity contribution >= 4 is 50.9 Å². The summed E-state index contributed by atoms with van der Waals surface area (Å²) in [6.45, 7) is 7.76. The molecule has 34 heavy (non-hydrogen) atoms. The van der Waals surface area contributed by atoms with Crippen LogP contribution in [0.15, 0.2) is 29.8 Å². The van der Waals surface area contributed by atoms with E-state index in [0.717, 1.165) is 54.8 Å².